The lowest BCUT2D eigenvalue weighted by molar-refractivity contribution is 0.484. The van der Waals surface area contributed by atoms with Crippen molar-refractivity contribution in [1.29, 1.82) is 5.26 Å². The van der Waals surface area contributed by atoms with E-state index in [4.69, 9.17) is 10.4 Å². The molecule has 0 aliphatic heterocycles. The number of aryl methyl sites for hydroxylation is 1. The molecule has 1 radical (unpaired) electrons. The lowest BCUT2D eigenvalue weighted by Gasteiger charge is -2.07. The van der Waals surface area contributed by atoms with E-state index in [0.29, 0.717) is 5.92 Å². The van der Waals surface area contributed by atoms with Crippen molar-refractivity contribution in [3.05, 3.63) is 59.8 Å². The van der Waals surface area contributed by atoms with Gasteiger partial charge in [-0.15, -0.1) is 0 Å². The van der Waals surface area contributed by atoms with Crippen molar-refractivity contribution in [1.82, 2.24) is 14.8 Å². The summed E-state index contributed by atoms with van der Waals surface area (Å²) < 4.78 is 15.7. The molecule has 3 aromatic rings. The van der Waals surface area contributed by atoms with Crippen molar-refractivity contribution < 1.29 is 4.39 Å². The van der Waals surface area contributed by atoms with E-state index >= 15 is 0 Å². The van der Waals surface area contributed by atoms with Crippen LogP contribution in [0, 0.1) is 29.3 Å². The third kappa shape index (κ3) is 3.50. The maximum atomic E-state index is 13.7. The molecule has 2 heterocycles. The number of benzene rings is 1. The average molecular weight is 347 g/mol. The lowest BCUT2D eigenvalue weighted by Crippen LogP contribution is -2.04. The van der Waals surface area contributed by atoms with E-state index in [2.05, 4.69) is 32.0 Å². The second kappa shape index (κ2) is 7.49. The minimum Gasteiger partial charge on any atom is -0.271 e. The molecule has 0 N–H and O–H groups in total. The van der Waals surface area contributed by atoms with Crippen LogP contribution in [0.2, 0.25) is 0 Å². The Morgan fingerprint density at radius 2 is 2.08 bits per heavy atom. The van der Waals surface area contributed by atoms with Crippen LogP contribution in [0.4, 0.5) is 4.39 Å². The fourth-order valence-electron chi connectivity index (χ4n) is 2.97. The molecule has 5 heteroatoms. The molecule has 0 fully saturated rings. The van der Waals surface area contributed by atoms with Gasteiger partial charge in [0.15, 0.2) is 0 Å². The molecule has 0 saturated carbocycles. The van der Waals surface area contributed by atoms with E-state index in [1.54, 1.807) is 18.3 Å². The zero-order valence-electron chi connectivity index (χ0n) is 15.1. The van der Waals surface area contributed by atoms with E-state index in [9.17, 15) is 4.39 Å². The van der Waals surface area contributed by atoms with Crippen molar-refractivity contribution in [2.75, 3.05) is 0 Å². The molecule has 0 aliphatic rings. The second-order valence-electron chi connectivity index (χ2n) is 6.62. The second-order valence-corrected chi connectivity index (χ2v) is 6.62. The van der Waals surface area contributed by atoms with Crippen LogP contribution in [0.3, 0.4) is 0 Å². The molecule has 1 aromatic carbocycles. The predicted molar refractivity (Wildman–Crippen MR) is 98.6 cm³/mol. The molecule has 4 nitrogen and oxygen atoms in total. The van der Waals surface area contributed by atoms with Gasteiger partial charge in [0.2, 0.25) is 0 Å². The Kier molecular flexibility index (Phi) is 5.13. The highest BCUT2D eigenvalue weighted by Gasteiger charge is 2.17. The van der Waals surface area contributed by atoms with Gasteiger partial charge in [-0.25, -0.2) is 4.39 Å². The highest BCUT2D eigenvalue weighted by molar-refractivity contribution is 5.82. The quantitative estimate of drug-likeness (QED) is 0.675. The van der Waals surface area contributed by atoms with Crippen LogP contribution in [0.5, 0.6) is 0 Å². The Balaban J connectivity index is 2.21. The summed E-state index contributed by atoms with van der Waals surface area (Å²) in [4.78, 5) is 4.09. The number of hydrogen-bond donors (Lipinski definition) is 0. The number of pyridine rings is 1. The van der Waals surface area contributed by atoms with Crippen LogP contribution in [0.25, 0.3) is 22.4 Å². The molecule has 0 aliphatic carbocycles. The molecule has 0 unspecified atom stereocenters. The summed E-state index contributed by atoms with van der Waals surface area (Å²) in [7, 11) is 0. The number of halogens is 1. The Hall–Kier alpha value is -3.00. The molecule has 0 bridgehead atoms. The van der Waals surface area contributed by atoms with Gasteiger partial charge in [0.1, 0.15) is 17.6 Å². The third-order valence-electron chi connectivity index (χ3n) is 4.16. The SMILES string of the molecule is CCc1[c]nccc1-c1cn(CC(C)C)nc1-c1ccc(F)c(C#N)c1. The summed E-state index contributed by atoms with van der Waals surface area (Å²) in [5.41, 5.74) is 4.42. The summed E-state index contributed by atoms with van der Waals surface area (Å²) in [6, 6.07) is 8.39. The number of aromatic nitrogens is 3. The monoisotopic (exact) mass is 347 g/mol. The van der Waals surface area contributed by atoms with Gasteiger partial charge in [-0.05, 0) is 47.7 Å². The number of rotatable bonds is 5. The molecule has 0 saturated heterocycles. The largest absolute Gasteiger partial charge is 0.271 e. The molecular formula is C21H20FN4. The molecule has 0 spiro atoms. The normalized spacial score (nSPS) is 10.9. The van der Waals surface area contributed by atoms with Gasteiger partial charge in [0, 0.05) is 30.1 Å². The first-order valence-electron chi connectivity index (χ1n) is 8.66. The summed E-state index contributed by atoms with van der Waals surface area (Å²) in [6.45, 7) is 7.09. The standard InChI is InChI=1S/C21H20FN4/c1-4-15-11-24-8-7-18(15)19-13-26(12-14(2)3)25-21(19)16-5-6-20(22)17(9-16)10-23/h5-9,13-14H,4,12H2,1-3H3. The first-order chi connectivity index (χ1) is 12.5. The van der Waals surface area contributed by atoms with Crippen LogP contribution >= 0.6 is 0 Å². The number of nitriles is 1. The van der Waals surface area contributed by atoms with Gasteiger partial charge >= 0.3 is 0 Å². The minimum atomic E-state index is -0.522. The fraction of sp³-hybridized carbons (Fsp3) is 0.286. The van der Waals surface area contributed by atoms with Crippen LogP contribution in [-0.4, -0.2) is 14.8 Å². The lowest BCUT2D eigenvalue weighted by atomic mass is 9.97. The van der Waals surface area contributed by atoms with Gasteiger partial charge in [0.05, 0.1) is 11.8 Å². The van der Waals surface area contributed by atoms with E-state index < -0.39 is 5.82 Å². The van der Waals surface area contributed by atoms with Gasteiger partial charge < -0.3 is 0 Å². The zero-order chi connectivity index (χ0) is 18.7. The smallest absolute Gasteiger partial charge is 0.140 e. The molecule has 26 heavy (non-hydrogen) atoms. The van der Waals surface area contributed by atoms with Crippen molar-refractivity contribution in [3.63, 3.8) is 0 Å². The van der Waals surface area contributed by atoms with E-state index in [-0.39, 0.29) is 5.56 Å². The van der Waals surface area contributed by atoms with Crippen molar-refractivity contribution in [2.45, 2.75) is 33.7 Å². The fourth-order valence-corrected chi connectivity index (χ4v) is 2.97. The molecule has 0 amide bonds. The summed E-state index contributed by atoms with van der Waals surface area (Å²) in [5.74, 6) is -0.0842. The molecule has 2 aromatic heterocycles. The van der Waals surface area contributed by atoms with Crippen molar-refractivity contribution >= 4 is 0 Å². The first kappa shape index (κ1) is 17.8. The van der Waals surface area contributed by atoms with E-state index in [1.807, 2.05) is 23.0 Å². The van der Waals surface area contributed by atoms with Crippen LogP contribution in [0.15, 0.2) is 36.7 Å². The topological polar surface area (TPSA) is 54.5 Å². The molecular weight excluding hydrogens is 327 g/mol. The van der Waals surface area contributed by atoms with Gasteiger partial charge in [-0.3, -0.25) is 9.67 Å². The highest BCUT2D eigenvalue weighted by Crippen LogP contribution is 2.34. The van der Waals surface area contributed by atoms with Crippen LogP contribution in [-0.2, 0) is 13.0 Å². The van der Waals surface area contributed by atoms with Crippen LogP contribution in [0.1, 0.15) is 31.9 Å². The van der Waals surface area contributed by atoms with Crippen LogP contribution < -0.4 is 0 Å². The Labute approximate surface area is 152 Å². The highest BCUT2D eigenvalue weighted by atomic mass is 19.1. The Bertz CT molecular complexity index is 966. The zero-order valence-corrected chi connectivity index (χ0v) is 15.1. The third-order valence-corrected chi connectivity index (χ3v) is 4.16. The maximum absolute atomic E-state index is 13.7. The number of hydrogen-bond acceptors (Lipinski definition) is 3. The predicted octanol–water partition coefficient (Wildman–Crippen LogP) is 4.64. The molecule has 131 valence electrons. The molecule has 3 rings (SSSR count). The van der Waals surface area contributed by atoms with Gasteiger partial charge in [0.25, 0.3) is 0 Å². The summed E-state index contributed by atoms with van der Waals surface area (Å²) >= 11 is 0. The number of nitrogens with zero attached hydrogens (tertiary/aromatic N) is 4. The first-order valence-corrected chi connectivity index (χ1v) is 8.66. The van der Waals surface area contributed by atoms with Gasteiger partial charge in [-0.1, -0.05) is 20.8 Å². The average Bonchev–Trinajstić information content (AvgIpc) is 3.04. The van der Waals surface area contributed by atoms with Crippen molar-refractivity contribution in [2.24, 2.45) is 5.92 Å². The summed E-state index contributed by atoms with van der Waals surface area (Å²) in [6.07, 6.45) is 7.56. The Morgan fingerprint density at radius 3 is 2.77 bits per heavy atom. The Morgan fingerprint density at radius 1 is 1.27 bits per heavy atom. The maximum Gasteiger partial charge on any atom is 0.140 e. The van der Waals surface area contributed by atoms with E-state index in [0.717, 1.165) is 40.9 Å². The molecule has 0 atom stereocenters. The van der Waals surface area contributed by atoms with Crippen molar-refractivity contribution in [3.8, 4) is 28.5 Å². The van der Waals surface area contributed by atoms with Gasteiger partial charge in [-0.2, -0.15) is 10.4 Å². The minimum absolute atomic E-state index is 0.0175. The van der Waals surface area contributed by atoms with E-state index in [1.165, 1.54) is 6.07 Å². The summed E-state index contributed by atoms with van der Waals surface area (Å²) in [5, 5.41) is 13.9.